The van der Waals surface area contributed by atoms with Gasteiger partial charge in [0.25, 0.3) is 0 Å². The topological polar surface area (TPSA) is 51.0 Å². The first-order valence-electron chi connectivity index (χ1n) is 4.82. The summed E-state index contributed by atoms with van der Waals surface area (Å²) < 4.78 is 5.05. The summed E-state index contributed by atoms with van der Waals surface area (Å²) in [6.45, 7) is 4.71. The zero-order chi connectivity index (χ0) is 10.7. The fraction of sp³-hybridized carbons (Fsp3) is 0.273. The van der Waals surface area contributed by atoms with Crippen molar-refractivity contribution in [3.8, 4) is 0 Å². The summed E-state index contributed by atoms with van der Waals surface area (Å²) in [5, 5.41) is 10.7. The molecule has 15 heavy (non-hydrogen) atoms. The summed E-state index contributed by atoms with van der Waals surface area (Å²) >= 11 is 0. The molecule has 1 N–H and O–H groups in total. The van der Waals surface area contributed by atoms with Crippen molar-refractivity contribution in [1.82, 2.24) is 10.2 Å². The Morgan fingerprint density at radius 3 is 2.60 bits per heavy atom. The lowest BCUT2D eigenvalue weighted by Crippen LogP contribution is -2.03. The molecule has 1 aromatic carbocycles. The van der Waals surface area contributed by atoms with Crippen molar-refractivity contribution in [2.45, 2.75) is 20.4 Å². The lowest BCUT2D eigenvalue weighted by molar-refractivity contribution is 0.502. The highest BCUT2D eigenvalue weighted by Gasteiger charge is 2.03. The van der Waals surface area contributed by atoms with Gasteiger partial charge in [-0.2, -0.15) is 0 Å². The second-order valence-corrected chi connectivity index (χ2v) is 3.45. The molecular weight excluding hydrogens is 190 g/mol. The number of nitrogens with zero attached hydrogens (tertiary/aromatic N) is 2. The molecule has 1 heterocycles. The first-order chi connectivity index (χ1) is 7.27. The molecule has 0 atom stereocenters. The Bertz CT molecular complexity index is 417. The van der Waals surface area contributed by atoms with E-state index in [1.165, 1.54) is 17.5 Å². The van der Waals surface area contributed by atoms with E-state index in [1.807, 2.05) is 6.07 Å². The van der Waals surface area contributed by atoms with Crippen LogP contribution < -0.4 is 5.32 Å². The van der Waals surface area contributed by atoms with Crippen molar-refractivity contribution in [1.29, 1.82) is 0 Å². The van der Waals surface area contributed by atoms with Crippen LogP contribution in [0.3, 0.4) is 0 Å². The normalized spacial score (nSPS) is 10.3. The summed E-state index contributed by atoms with van der Waals surface area (Å²) in [7, 11) is 0. The molecule has 0 aliphatic heterocycles. The number of hydrogen-bond donors (Lipinski definition) is 1. The number of aromatic nitrogens is 2. The third kappa shape index (κ3) is 2.15. The van der Waals surface area contributed by atoms with Gasteiger partial charge in [-0.25, -0.2) is 0 Å². The Hall–Kier alpha value is -1.84. The number of rotatable bonds is 3. The van der Waals surface area contributed by atoms with Gasteiger partial charge in [0.15, 0.2) is 0 Å². The van der Waals surface area contributed by atoms with E-state index in [2.05, 4.69) is 41.5 Å². The van der Waals surface area contributed by atoms with E-state index in [0.29, 0.717) is 12.4 Å². The minimum atomic E-state index is 0.561. The van der Waals surface area contributed by atoms with Gasteiger partial charge in [-0.3, -0.25) is 0 Å². The molecule has 0 amide bonds. The van der Waals surface area contributed by atoms with Gasteiger partial charge >= 0.3 is 0 Å². The number of benzene rings is 1. The highest BCUT2D eigenvalue weighted by molar-refractivity contribution is 5.56. The van der Waals surface area contributed by atoms with Crippen molar-refractivity contribution < 1.29 is 4.42 Å². The third-order valence-electron chi connectivity index (χ3n) is 2.30. The third-order valence-corrected chi connectivity index (χ3v) is 2.30. The molecule has 0 aliphatic rings. The maximum absolute atomic E-state index is 5.05. The minimum absolute atomic E-state index is 0.561. The van der Waals surface area contributed by atoms with E-state index < -0.39 is 0 Å². The summed E-state index contributed by atoms with van der Waals surface area (Å²) in [6.07, 6.45) is 1.34. The van der Waals surface area contributed by atoms with Crippen LogP contribution in [-0.4, -0.2) is 10.2 Å². The van der Waals surface area contributed by atoms with Crippen LogP contribution in [0.15, 0.2) is 29.0 Å². The Kier molecular flexibility index (Phi) is 2.67. The molecule has 2 rings (SSSR count). The molecule has 78 valence electrons. The smallest absolute Gasteiger partial charge is 0.235 e. The quantitative estimate of drug-likeness (QED) is 0.831. The largest absolute Gasteiger partial charge is 0.426 e. The van der Waals surface area contributed by atoms with E-state index in [1.54, 1.807) is 0 Å². The summed E-state index contributed by atoms with van der Waals surface area (Å²) in [5.74, 6) is 0.595. The van der Waals surface area contributed by atoms with E-state index in [-0.39, 0.29) is 0 Å². The minimum Gasteiger partial charge on any atom is -0.426 e. The van der Waals surface area contributed by atoms with E-state index in [0.717, 1.165) is 5.69 Å². The number of anilines is 1. The second kappa shape index (κ2) is 4.13. The van der Waals surface area contributed by atoms with E-state index in [4.69, 9.17) is 4.42 Å². The predicted molar refractivity (Wildman–Crippen MR) is 57.5 cm³/mol. The summed E-state index contributed by atoms with van der Waals surface area (Å²) in [5.41, 5.74) is 3.57. The molecule has 0 fully saturated rings. The maximum atomic E-state index is 5.05. The Labute approximate surface area is 88.3 Å². The standard InChI is InChI=1S/C11H13N3O/c1-8-4-3-5-9(2)11(8)12-6-10-14-13-7-15-10/h3-5,7,12H,6H2,1-2H3. The Balaban J connectivity index is 2.11. The molecule has 0 radical (unpaired) electrons. The van der Waals surface area contributed by atoms with Gasteiger partial charge in [-0.15, -0.1) is 10.2 Å². The van der Waals surface area contributed by atoms with Gasteiger partial charge in [-0.05, 0) is 25.0 Å². The van der Waals surface area contributed by atoms with E-state index >= 15 is 0 Å². The molecule has 4 nitrogen and oxygen atoms in total. The highest BCUT2D eigenvalue weighted by Crippen LogP contribution is 2.19. The van der Waals surface area contributed by atoms with Crippen LogP contribution in [-0.2, 0) is 6.54 Å². The molecule has 0 spiro atoms. The Morgan fingerprint density at radius 2 is 2.00 bits per heavy atom. The van der Waals surface area contributed by atoms with E-state index in [9.17, 15) is 0 Å². The molecule has 0 aliphatic carbocycles. The van der Waals surface area contributed by atoms with Crippen molar-refractivity contribution in [3.63, 3.8) is 0 Å². The van der Waals surface area contributed by atoms with Crippen molar-refractivity contribution in [3.05, 3.63) is 41.6 Å². The van der Waals surface area contributed by atoms with Crippen LogP contribution in [0.2, 0.25) is 0 Å². The monoisotopic (exact) mass is 203 g/mol. The maximum Gasteiger partial charge on any atom is 0.235 e. The van der Waals surface area contributed by atoms with Crippen LogP contribution in [0.4, 0.5) is 5.69 Å². The SMILES string of the molecule is Cc1cccc(C)c1NCc1nnco1. The highest BCUT2D eigenvalue weighted by atomic mass is 16.4. The van der Waals surface area contributed by atoms with Crippen molar-refractivity contribution in [2.75, 3.05) is 5.32 Å². The molecule has 0 bridgehead atoms. The number of nitrogens with one attached hydrogen (secondary N) is 1. The van der Waals surface area contributed by atoms with Crippen molar-refractivity contribution >= 4 is 5.69 Å². The summed E-state index contributed by atoms with van der Waals surface area (Å²) in [6, 6.07) is 6.19. The molecule has 0 saturated carbocycles. The van der Waals surface area contributed by atoms with Crippen molar-refractivity contribution in [2.24, 2.45) is 0 Å². The average Bonchev–Trinajstić information content (AvgIpc) is 2.70. The van der Waals surface area contributed by atoms with Gasteiger partial charge in [0.05, 0.1) is 6.54 Å². The molecule has 0 unspecified atom stereocenters. The van der Waals surface area contributed by atoms with Gasteiger partial charge in [0, 0.05) is 5.69 Å². The molecule has 2 aromatic rings. The van der Waals surface area contributed by atoms with Crippen LogP contribution in [0.5, 0.6) is 0 Å². The van der Waals surface area contributed by atoms with Gasteiger partial charge in [-0.1, -0.05) is 18.2 Å². The number of para-hydroxylation sites is 1. The molecule has 4 heteroatoms. The average molecular weight is 203 g/mol. The lowest BCUT2D eigenvalue weighted by atomic mass is 10.1. The first kappa shape index (κ1) is 9.71. The van der Waals surface area contributed by atoms with Crippen LogP contribution in [0.25, 0.3) is 0 Å². The zero-order valence-corrected chi connectivity index (χ0v) is 8.82. The zero-order valence-electron chi connectivity index (χ0n) is 8.82. The molecular formula is C11H13N3O. The van der Waals surface area contributed by atoms with Crippen LogP contribution >= 0.6 is 0 Å². The molecule has 0 saturated heterocycles. The first-order valence-corrected chi connectivity index (χ1v) is 4.82. The lowest BCUT2D eigenvalue weighted by Gasteiger charge is -2.10. The number of aryl methyl sites for hydroxylation is 2. The molecule has 1 aromatic heterocycles. The fourth-order valence-corrected chi connectivity index (χ4v) is 1.53. The van der Waals surface area contributed by atoms with Gasteiger partial charge in [0.2, 0.25) is 12.3 Å². The Morgan fingerprint density at radius 1 is 1.27 bits per heavy atom. The van der Waals surface area contributed by atoms with Crippen LogP contribution in [0, 0.1) is 13.8 Å². The second-order valence-electron chi connectivity index (χ2n) is 3.45. The van der Waals surface area contributed by atoms with Gasteiger partial charge < -0.3 is 9.73 Å². The van der Waals surface area contributed by atoms with Gasteiger partial charge in [0.1, 0.15) is 0 Å². The predicted octanol–water partition coefficient (Wildman–Crippen LogP) is 2.30. The number of hydrogen-bond acceptors (Lipinski definition) is 4. The fourth-order valence-electron chi connectivity index (χ4n) is 1.53. The summed E-state index contributed by atoms with van der Waals surface area (Å²) in [4.78, 5) is 0. The van der Waals surface area contributed by atoms with Crippen LogP contribution in [0.1, 0.15) is 17.0 Å².